The van der Waals surface area contributed by atoms with Crippen molar-refractivity contribution in [1.82, 2.24) is 4.90 Å². The summed E-state index contributed by atoms with van der Waals surface area (Å²) in [5, 5.41) is 0. The normalized spacial score (nSPS) is 17.6. The number of hydrogen-bond acceptors (Lipinski definition) is 3. The topological polar surface area (TPSA) is 55.6 Å². The Morgan fingerprint density at radius 3 is 2.39 bits per heavy atom. The van der Waals surface area contributed by atoms with Gasteiger partial charge in [0.1, 0.15) is 6.04 Å². The monoisotopic (exact) mass is 278 g/mol. The highest BCUT2D eigenvalue weighted by Crippen LogP contribution is 2.24. The average molecular weight is 279 g/mol. The van der Waals surface area contributed by atoms with E-state index in [1.54, 1.807) is 7.11 Å². The minimum atomic E-state index is -0.514. The molecule has 0 spiro atoms. The standard InChI is InChI=1S/C13H26N2O2.ClH/c1-10(2)8-15(11-6-4-5-7-11)13(16)12(14)9-17-3;/h10-12H,4-9,14H2,1-3H3;1H. The quantitative estimate of drug-likeness (QED) is 0.806. The second-order valence-electron chi connectivity index (χ2n) is 5.38. The van der Waals surface area contributed by atoms with Crippen LogP contribution in [0, 0.1) is 5.92 Å². The molecule has 0 saturated heterocycles. The number of carbonyl (C=O) groups is 1. The van der Waals surface area contributed by atoms with Crippen molar-refractivity contribution in [3.8, 4) is 0 Å². The number of ether oxygens (including phenoxy) is 1. The maximum atomic E-state index is 12.3. The molecule has 1 atom stereocenters. The molecule has 1 unspecified atom stereocenters. The average Bonchev–Trinajstić information content (AvgIpc) is 2.78. The molecule has 1 rings (SSSR count). The maximum Gasteiger partial charge on any atom is 0.242 e. The number of amides is 1. The van der Waals surface area contributed by atoms with Gasteiger partial charge in [0.05, 0.1) is 6.61 Å². The molecule has 5 heteroatoms. The number of hydrogen-bond donors (Lipinski definition) is 1. The van der Waals surface area contributed by atoms with Gasteiger partial charge in [-0.3, -0.25) is 4.79 Å². The van der Waals surface area contributed by atoms with Gasteiger partial charge in [-0.05, 0) is 18.8 Å². The minimum absolute atomic E-state index is 0. The molecule has 1 fully saturated rings. The fourth-order valence-electron chi connectivity index (χ4n) is 2.49. The van der Waals surface area contributed by atoms with Crippen molar-refractivity contribution in [1.29, 1.82) is 0 Å². The molecule has 1 amide bonds. The Balaban J connectivity index is 0.00000289. The van der Waals surface area contributed by atoms with Crippen LogP contribution in [0.1, 0.15) is 39.5 Å². The van der Waals surface area contributed by atoms with E-state index in [1.807, 2.05) is 4.90 Å². The second-order valence-corrected chi connectivity index (χ2v) is 5.38. The molecular weight excluding hydrogens is 252 g/mol. The zero-order valence-electron chi connectivity index (χ0n) is 11.7. The Morgan fingerprint density at radius 1 is 1.39 bits per heavy atom. The first kappa shape index (κ1) is 17.7. The third kappa shape index (κ3) is 5.12. The first-order valence-electron chi connectivity index (χ1n) is 6.61. The van der Waals surface area contributed by atoms with Gasteiger partial charge < -0.3 is 15.4 Å². The van der Waals surface area contributed by atoms with E-state index in [1.165, 1.54) is 12.8 Å². The minimum Gasteiger partial charge on any atom is -0.383 e. The summed E-state index contributed by atoms with van der Waals surface area (Å²) < 4.78 is 4.97. The lowest BCUT2D eigenvalue weighted by Gasteiger charge is -2.32. The van der Waals surface area contributed by atoms with E-state index in [9.17, 15) is 4.79 Å². The van der Waals surface area contributed by atoms with E-state index < -0.39 is 6.04 Å². The van der Waals surface area contributed by atoms with E-state index in [4.69, 9.17) is 10.5 Å². The summed E-state index contributed by atoms with van der Waals surface area (Å²) in [6.07, 6.45) is 4.70. The molecule has 0 aromatic carbocycles. The van der Waals surface area contributed by atoms with Crippen LogP contribution in [-0.2, 0) is 9.53 Å². The van der Waals surface area contributed by atoms with Crippen molar-refractivity contribution in [3.05, 3.63) is 0 Å². The highest BCUT2D eigenvalue weighted by atomic mass is 35.5. The highest BCUT2D eigenvalue weighted by Gasteiger charge is 2.29. The van der Waals surface area contributed by atoms with Crippen LogP contribution in [0.25, 0.3) is 0 Å². The van der Waals surface area contributed by atoms with Gasteiger partial charge >= 0.3 is 0 Å². The summed E-state index contributed by atoms with van der Waals surface area (Å²) in [4.78, 5) is 14.3. The Kier molecular flexibility index (Phi) is 8.57. The Hall–Kier alpha value is -0.320. The number of methoxy groups -OCH3 is 1. The molecular formula is C13H27ClN2O2. The zero-order chi connectivity index (χ0) is 12.8. The van der Waals surface area contributed by atoms with Crippen LogP contribution >= 0.6 is 12.4 Å². The first-order chi connectivity index (χ1) is 8.06. The Labute approximate surface area is 117 Å². The molecule has 0 aromatic heterocycles. The smallest absolute Gasteiger partial charge is 0.242 e. The van der Waals surface area contributed by atoms with Crippen LogP contribution in [0.2, 0.25) is 0 Å². The van der Waals surface area contributed by atoms with Gasteiger partial charge in [-0.1, -0.05) is 26.7 Å². The maximum absolute atomic E-state index is 12.3. The lowest BCUT2D eigenvalue weighted by molar-refractivity contribution is -0.136. The van der Waals surface area contributed by atoms with Crippen LogP contribution in [0.5, 0.6) is 0 Å². The summed E-state index contributed by atoms with van der Waals surface area (Å²) in [7, 11) is 1.58. The number of rotatable bonds is 6. The number of carbonyl (C=O) groups excluding carboxylic acids is 1. The number of halogens is 1. The molecule has 18 heavy (non-hydrogen) atoms. The SMILES string of the molecule is COCC(N)C(=O)N(CC(C)C)C1CCCC1.Cl. The summed E-state index contributed by atoms with van der Waals surface area (Å²) >= 11 is 0. The summed E-state index contributed by atoms with van der Waals surface area (Å²) in [6.45, 7) is 5.38. The zero-order valence-corrected chi connectivity index (χ0v) is 12.5. The fraction of sp³-hybridized carbons (Fsp3) is 0.923. The third-order valence-corrected chi connectivity index (χ3v) is 3.27. The molecule has 1 saturated carbocycles. The molecule has 108 valence electrons. The predicted octanol–water partition coefficient (Wildman–Crippen LogP) is 1.81. The first-order valence-corrected chi connectivity index (χ1v) is 6.61. The molecule has 1 aliphatic carbocycles. The van der Waals surface area contributed by atoms with Gasteiger partial charge in [-0.25, -0.2) is 0 Å². The van der Waals surface area contributed by atoms with Gasteiger partial charge in [-0.15, -0.1) is 12.4 Å². The molecule has 0 bridgehead atoms. The molecule has 1 aliphatic rings. The van der Waals surface area contributed by atoms with Gasteiger partial charge in [0, 0.05) is 19.7 Å². The molecule has 0 heterocycles. The van der Waals surface area contributed by atoms with E-state index in [0.717, 1.165) is 19.4 Å². The second kappa shape index (κ2) is 8.73. The van der Waals surface area contributed by atoms with E-state index in [0.29, 0.717) is 18.6 Å². The van der Waals surface area contributed by atoms with Crippen LogP contribution in [0.15, 0.2) is 0 Å². The van der Waals surface area contributed by atoms with E-state index in [2.05, 4.69) is 13.8 Å². The van der Waals surface area contributed by atoms with E-state index >= 15 is 0 Å². The van der Waals surface area contributed by atoms with Crippen molar-refractivity contribution < 1.29 is 9.53 Å². The van der Waals surface area contributed by atoms with Crippen molar-refractivity contribution in [3.63, 3.8) is 0 Å². The molecule has 4 nitrogen and oxygen atoms in total. The predicted molar refractivity (Wildman–Crippen MR) is 75.9 cm³/mol. The van der Waals surface area contributed by atoms with Crippen LogP contribution in [0.3, 0.4) is 0 Å². The molecule has 0 aliphatic heterocycles. The van der Waals surface area contributed by atoms with Crippen molar-refractivity contribution in [2.45, 2.75) is 51.6 Å². The molecule has 0 aromatic rings. The Bertz CT molecular complexity index is 243. The summed E-state index contributed by atoms with van der Waals surface area (Å²) in [5.74, 6) is 0.529. The van der Waals surface area contributed by atoms with Gasteiger partial charge in [0.2, 0.25) is 5.91 Å². The number of nitrogens with zero attached hydrogens (tertiary/aromatic N) is 1. The van der Waals surface area contributed by atoms with Gasteiger partial charge in [-0.2, -0.15) is 0 Å². The van der Waals surface area contributed by atoms with Crippen LogP contribution in [-0.4, -0.2) is 43.2 Å². The van der Waals surface area contributed by atoms with Crippen LogP contribution in [0.4, 0.5) is 0 Å². The lowest BCUT2D eigenvalue weighted by Crippen LogP contribution is -2.50. The molecule has 0 radical (unpaired) electrons. The van der Waals surface area contributed by atoms with Crippen molar-refractivity contribution >= 4 is 18.3 Å². The number of nitrogens with two attached hydrogens (primary N) is 1. The van der Waals surface area contributed by atoms with Gasteiger partial charge in [0.15, 0.2) is 0 Å². The highest BCUT2D eigenvalue weighted by molar-refractivity contribution is 5.85. The van der Waals surface area contributed by atoms with Gasteiger partial charge in [0.25, 0.3) is 0 Å². The largest absolute Gasteiger partial charge is 0.383 e. The third-order valence-electron chi connectivity index (χ3n) is 3.27. The summed E-state index contributed by atoms with van der Waals surface area (Å²) in [5.41, 5.74) is 5.86. The van der Waals surface area contributed by atoms with Crippen molar-refractivity contribution in [2.24, 2.45) is 11.7 Å². The van der Waals surface area contributed by atoms with E-state index in [-0.39, 0.29) is 18.3 Å². The van der Waals surface area contributed by atoms with Crippen LogP contribution < -0.4 is 5.73 Å². The van der Waals surface area contributed by atoms with Crippen molar-refractivity contribution in [2.75, 3.05) is 20.3 Å². The molecule has 2 N–H and O–H groups in total. The Morgan fingerprint density at radius 2 is 1.94 bits per heavy atom. The lowest BCUT2D eigenvalue weighted by atomic mass is 10.1. The summed E-state index contributed by atoms with van der Waals surface area (Å²) in [6, 6.07) is -0.118. The fourth-order valence-corrected chi connectivity index (χ4v) is 2.49.